The summed E-state index contributed by atoms with van der Waals surface area (Å²) < 4.78 is 5.45. The third-order valence-electron chi connectivity index (χ3n) is 5.42. The SMILES string of the molecule is CC(N)C(C)C(=O)NCC1(CN2CCOCC2)CCCCC1.Cl.Cl. The Morgan fingerprint density at radius 3 is 2.29 bits per heavy atom. The van der Waals surface area contributed by atoms with Crippen LogP contribution in [0, 0.1) is 11.3 Å². The molecule has 1 aliphatic carbocycles. The highest BCUT2D eigenvalue weighted by molar-refractivity contribution is 5.85. The lowest BCUT2D eigenvalue weighted by atomic mass is 9.73. The monoisotopic (exact) mass is 383 g/mol. The molecule has 0 radical (unpaired) electrons. The van der Waals surface area contributed by atoms with Crippen LogP contribution in [0.5, 0.6) is 0 Å². The Kier molecular flexibility index (Phi) is 11.5. The van der Waals surface area contributed by atoms with Gasteiger partial charge in [0.05, 0.1) is 13.2 Å². The van der Waals surface area contributed by atoms with E-state index >= 15 is 0 Å². The van der Waals surface area contributed by atoms with Gasteiger partial charge < -0.3 is 15.8 Å². The lowest BCUT2D eigenvalue weighted by Gasteiger charge is -2.42. The van der Waals surface area contributed by atoms with E-state index in [0.29, 0.717) is 0 Å². The zero-order valence-electron chi connectivity index (χ0n) is 15.1. The molecule has 24 heavy (non-hydrogen) atoms. The average Bonchev–Trinajstić information content (AvgIpc) is 2.53. The molecule has 1 saturated heterocycles. The van der Waals surface area contributed by atoms with Crippen molar-refractivity contribution in [3.05, 3.63) is 0 Å². The van der Waals surface area contributed by atoms with E-state index in [0.717, 1.165) is 39.4 Å². The van der Waals surface area contributed by atoms with Crippen molar-refractivity contribution in [2.24, 2.45) is 17.1 Å². The van der Waals surface area contributed by atoms with Gasteiger partial charge in [0, 0.05) is 43.6 Å². The molecular weight excluding hydrogens is 349 g/mol. The number of carbonyl (C=O) groups is 1. The number of hydrogen-bond donors (Lipinski definition) is 2. The highest BCUT2D eigenvalue weighted by atomic mass is 35.5. The molecule has 7 heteroatoms. The molecule has 144 valence electrons. The van der Waals surface area contributed by atoms with E-state index in [1.165, 1.54) is 32.1 Å². The maximum absolute atomic E-state index is 12.2. The second-order valence-electron chi connectivity index (χ2n) is 7.31. The Hall–Kier alpha value is -0.0700. The molecule has 2 atom stereocenters. The molecule has 5 nitrogen and oxygen atoms in total. The summed E-state index contributed by atoms with van der Waals surface area (Å²) in [6.45, 7) is 9.40. The number of rotatable bonds is 6. The van der Waals surface area contributed by atoms with Crippen LogP contribution in [0.25, 0.3) is 0 Å². The minimum absolute atomic E-state index is 0. The number of ether oxygens (including phenoxy) is 1. The molecule has 1 aliphatic heterocycles. The summed E-state index contributed by atoms with van der Waals surface area (Å²) in [5, 5.41) is 3.19. The normalized spacial score (nSPS) is 23.3. The van der Waals surface area contributed by atoms with E-state index in [9.17, 15) is 4.79 Å². The number of hydrogen-bond acceptors (Lipinski definition) is 4. The fraction of sp³-hybridized carbons (Fsp3) is 0.941. The quantitative estimate of drug-likeness (QED) is 0.737. The van der Waals surface area contributed by atoms with Gasteiger partial charge in [0.1, 0.15) is 0 Å². The van der Waals surface area contributed by atoms with Gasteiger partial charge in [0.25, 0.3) is 0 Å². The van der Waals surface area contributed by atoms with Gasteiger partial charge in [0.15, 0.2) is 0 Å². The fourth-order valence-corrected chi connectivity index (χ4v) is 3.60. The number of nitrogens with two attached hydrogens (primary N) is 1. The number of halogens is 2. The van der Waals surface area contributed by atoms with Crippen molar-refractivity contribution in [2.45, 2.75) is 52.0 Å². The van der Waals surface area contributed by atoms with E-state index in [1.54, 1.807) is 0 Å². The molecule has 1 heterocycles. The van der Waals surface area contributed by atoms with Crippen LogP contribution in [-0.4, -0.2) is 56.2 Å². The number of nitrogens with zero attached hydrogens (tertiary/aromatic N) is 1. The summed E-state index contributed by atoms with van der Waals surface area (Å²) in [5.41, 5.74) is 6.08. The van der Waals surface area contributed by atoms with Crippen molar-refractivity contribution in [2.75, 3.05) is 39.4 Å². The molecule has 1 amide bonds. The van der Waals surface area contributed by atoms with Gasteiger partial charge >= 0.3 is 0 Å². The van der Waals surface area contributed by atoms with Crippen molar-refractivity contribution < 1.29 is 9.53 Å². The molecule has 0 aromatic carbocycles. The highest BCUT2D eigenvalue weighted by Gasteiger charge is 2.35. The summed E-state index contributed by atoms with van der Waals surface area (Å²) in [5.74, 6) is -0.0223. The Morgan fingerprint density at radius 2 is 1.75 bits per heavy atom. The van der Waals surface area contributed by atoms with Crippen LogP contribution in [0.2, 0.25) is 0 Å². The molecule has 3 N–H and O–H groups in total. The van der Waals surface area contributed by atoms with Crippen molar-refractivity contribution in [3.8, 4) is 0 Å². The van der Waals surface area contributed by atoms with E-state index in [-0.39, 0.29) is 48.1 Å². The van der Waals surface area contributed by atoms with Gasteiger partial charge in [-0.1, -0.05) is 26.2 Å². The second kappa shape index (κ2) is 11.5. The van der Waals surface area contributed by atoms with E-state index < -0.39 is 0 Å². The lowest BCUT2D eigenvalue weighted by Crippen LogP contribution is -2.50. The van der Waals surface area contributed by atoms with Gasteiger partial charge in [-0.3, -0.25) is 9.69 Å². The molecule has 2 rings (SSSR count). The fourth-order valence-electron chi connectivity index (χ4n) is 3.60. The van der Waals surface area contributed by atoms with Gasteiger partial charge in [-0.2, -0.15) is 0 Å². The summed E-state index contributed by atoms with van der Waals surface area (Å²) in [6, 6.07) is -0.0958. The van der Waals surface area contributed by atoms with Crippen molar-refractivity contribution in [1.29, 1.82) is 0 Å². The smallest absolute Gasteiger partial charge is 0.224 e. The molecule has 2 fully saturated rings. The van der Waals surface area contributed by atoms with E-state index in [1.807, 2.05) is 13.8 Å². The average molecular weight is 384 g/mol. The summed E-state index contributed by atoms with van der Waals surface area (Å²) >= 11 is 0. The number of carbonyl (C=O) groups excluding carboxylic acids is 1. The van der Waals surface area contributed by atoms with Gasteiger partial charge in [-0.25, -0.2) is 0 Å². The Bertz CT molecular complexity index is 358. The van der Waals surface area contributed by atoms with Crippen molar-refractivity contribution >= 4 is 30.7 Å². The van der Waals surface area contributed by atoms with Crippen LogP contribution in [0.3, 0.4) is 0 Å². The first-order valence-electron chi connectivity index (χ1n) is 8.86. The number of amides is 1. The summed E-state index contributed by atoms with van der Waals surface area (Å²) in [4.78, 5) is 14.7. The Labute approximate surface area is 159 Å². The van der Waals surface area contributed by atoms with Gasteiger partial charge in [-0.15, -0.1) is 24.8 Å². The summed E-state index contributed by atoms with van der Waals surface area (Å²) in [6.07, 6.45) is 6.33. The number of nitrogens with one attached hydrogen (secondary N) is 1. The van der Waals surface area contributed by atoms with E-state index in [2.05, 4.69) is 10.2 Å². The molecule has 0 aromatic heterocycles. The standard InChI is InChI=1S/C17H33N3O2.2ClH/c1-14(15(2)18)16(21)19-12-17(6-4-3-5-7-17)13-20-8-10-22-11-9-20;;/h14-15H,3-13,18H2,1-2H3,(H,19,21);2*1H. The molecule has 1 saturated carbocycles. The predicted molar refractivity (Wildman–Crippen MR) is 103 cm³/mol. The Morgan fingerprint density at radius 1 is 1.17 bits per heavy atom. The first-order valence-corrected chi connectivity index (χ1v) is 8.86. The van der Waals surface area contributed by atoms with Crippen LogP contribution in [0.1, 0.15) is 46.0 Å². The summed E-state index contributed by atoms with van der Waals surface area (Å²) in [7, 11) is 0. The molecule has 2 unspecified atom stereocenters. The van der Waals surface area contributed by atoms with Crippen LogP contribution in [0.15, 0.2) is 0 Å². The maximum atomic E-state index is 12.2. The maximum Gasteiger partial charge on any atom is 0.224 e. The predicted octanol–water partition coefficient (Wildman–Crippen LogP) is 2.21. The molecule has 0 spiro atoms. The van der Waals surface area contributed by atoms with Crippen LogP contribution < -0.4 is 11.1 Å². The largest absolute Gasteiger partial charge is 0.379 e. The van der Waals surface area contributed by atoms with E-state index in [4.69, 9.17) is 10.5 Å². The van der Waals surface area contributed by atoms with Gasteiger partial charge in [0.2, 0.25) is 5.91 Å². The van der Waals surface area contributed by atoms with Crippen molar-refractivity contribution in [3.63, 3.8) is 0 Å². The molecule has 2 aliphatic rings. The second-order valence-corrected chi connectivity index (χ2v) is 7.31. The van der Waals surface area contributed by atoms with Crippen LogP contribution >= 0.6 is 24.8 Å². The zero-order chi connectivity index (χ0) is 16.0. The first kappa shape index (κ1) is 23.9. The Balaban J connectivity index is 0.00000264. The number of morpholine rings is 1. The topological polar surface area (TPSA) is 67.6 Å². The molecule has 0 aromatic rings. The minimum Gasteiger partial charge on any atom is -0.379 e. The minimum atomic E-state index is -0.121. The first-order chi connectivity index (χ1) is 10.5. The van der Waals surface area contributed by atoms with Crippen LogP contribution in [-0.2, 0) is 9.53 Å². The molecule has 0 bridgehead atoms. The van der Waals surface area contributed by atoms with Crippen LogP contribution in [0.4, 0.5) is 0 Å². The molecular formula is C17H35Cl2N3O2. The van der Waals surface area contributed by atoms with Crippen molar-refractivity contribution in [1.82, 2.24) is 10.2 Å². The third-order valence-corrected chi connectivity index (χ3v) is 5.42. The highest BCUT2D eigenvalue weighted by Crippen LogP contribution is 2.36. The zero-order valence-corrected chi connectivity index (χ0v) is 16.7. The lowest BCUT2D eigenvalue weighted by molar-refractivity contribution is -0.125. The van der Waals surface area contributed by atoms with Gasteiger partial charge in [-0.05, 0) is 19.8 Å². The third kappa shape index (κ3) is 7.04.